The number of ether oxygens (including phenoxy) is 1. The van der Waals surface area contributed by atoms with Crippen LogP contribution in [-0.2, 0) is 0 Å². The Morgan fingerprint density at radius 3 is 2.47 bits per heavy atom. The fraction of sp³-hybridized carbons (Fsp3) is 0.667. The molecule has 0 amide bonds. The number of aromatic nitrogens is 3. The zero-order valence-electron chi connectivity index (χ0n) is 10.3. The van der Waals surface area contributed by atoms with Crippen LogP contribution in [0.5, 0.6) is 6.01 Å². The fourth-order valence-electron chi connectivity index (χ4n) is 1.07. The molecule has 1 rings (SSSR count). The van der Waals surface area contributed by atoms with Crippen molar-refractivity contribution in [1.82, 2.24) is 15.0 Å². The molecule has 0 unspecified atom stereocenters. The first-order valence-corrected chi connectivity index (χ1v) is 5.60. The molecule has 1 aromatic rings. The van der Waals surface area contributed by atoms with E-state index < -0.39 is 12.6 Å². The molecule has 0 radical (unpaired) electrons. The number of alkyl halides is 3. The maximum Gasteiger partial charge on any atom is 0.390 e. The van der Waals surface area contributed by atoms with Crippen LogP contribution in [0.3, 0.4) is 0 Å². The van der Waals surface area contributed by atoms with E-state index in [1.54, 1.807) is 0 Å². The number of nitrogens with one attached hydrogen (secondary N) is 2. The van der Waals surface area contributed by atoms with Gasteiger partial charge in [0.25, 0.3) is 0 Å². The summed E-state index contributed by atoms with van der Waals surface area (Å²) in [5, 5.41) is 2.43. The molecular formula is C9H15F3N6O. The van der Waals surface area contributed by atoms with Gasteiger partial charge >= 0.3 is 12.2 Å². The van der Waals surface area contributed by atoms with Gasteiger partial charge in [0.2, 0.25) is 11.9 Å². The van der Waals surface area contributed by atoms with Gasteiger partial charge in [-0.15, -0.1) is 0 Å². The molecule has 108 valence electrons. The van der Waals surface area contributed by atoms with Crippen LogP contribution in [0.4, 0.5) is 25.1 Å². The maximum atomic E-state index is 12.0. The molecular weight excluding hydrogens is 265 g/mol. The molecule has 0 atom stereocenters. The largest absolute Gasteiger partial charge is 0.463 e. The van der Waals surface area contributed by atoms with Crippen LogP contribution < -0.4 is 21.3 Å². The first kappa shape index (κ1) is 15.2. The number of halogens is 3. The molecule has 0 aliphatic heterocycles. The molecule has 19 heavy (non-hydrogen) atoms. The molecule has 0 fully saturated rings. The van der Waals surface area contributed by atoms with Gasteiger partial charge in [0.15, 0.2) is 0 Å². The third-order valence-electron chi connectivity index (χ3n) is 1.87. The fourth-order valence-corrected chi connectivity index (χ4v) is 1.07. The van der Waals surface area contributed by atoms with Crippen LogP contribution in [0.25, 0.3) is 0 Å². The van der Waals surface area contributed by atoms with Gasteiger partial charge in [-0.25, -0.2) is 5.84 Å². The number of hydrazine groups is 1. The van der Waals surface area contributed by atoms with Crippen LogP contribution in [0.15, 0.2) is 0 Å². The van der Waals surface area contributed by atoms with E-state index in [1.807, 2.05) is 6.92 Å². The number of nitrogen functional groups attached to an aromatic ring is 1. The Bertz CT molecular complexity index is 400. The van der Waals surface area contributed by atoms with Crippen molar-refractivity contribution < 1.29 is 17.9 Å². The van der Waals surface area contributed by atoms with Gasteiger partial charge in [0.1, 0.15) is 0 Å². The molecule has 0 bridgehead atoms. The second kappa shape index (κ2) is 6.92. The Hall–Kier alpha value is -1.84. The third kappa shape index (κ3) is 6.04. The van der Waals surface area contributed by atoms with Crippen molar-refractivity contribution in [1.29, 1.82) is 0 Å². The minimum atomic E-state index is -4.24. The number of hydrogen-bond donors (Lipinski definition) is 3. The van der Waals surface area contributed by atoms with Crippen molar-refractivity contribution in [3.05, 3.63) is 0 Å². The molecule has 0 aliphatic carbocycles. The lowest BCUT2D eigenvalue weighted by Crippen LogP contribution is -2.18. The second-order valence-electron chi connectivity index (χ2n) is 3.55. The molecule has 1 heterocycles. The minimum Gasteiger partial charge on any atom is -0.463 e. The first-order valence-electron chi connectivity index (χ1n) is 5.60. The van der Waals surface area contributed by atoms with Gasteiger partial charge in [0.05, 0.1) is 13.0 Å². The lowest BCUT2D eigenvalue weighted by atomic mass is 10.4. The van der Waals surface area contributed by atoms with Crippen molar-refractivity contribution >= 4 is 11.9 Å². The lowest BCUT2D eigenvalue weighted by Gasteiger charge is -2.10. The van der Waals surface area contributed by atoms with Gasteiger partial charge in [-0.05, 0) is 6.42 Å². The first-order chi connectivity index (χ1) is 8.94. The standard InChI is InChI=1S/C9H15F3N6O/c1-2-5-19-8-16-6(15-7(17-8)18-13)14-4-3-9(10,11)12/h2-5,13H2,1H3,(H2,14,15,16,17,18). The van der Waals surface area contributed by atoms with Gasteiger partial charge in [-0.2, -0.15) is 28.1 Å². The zero-order chi connectivity index (χ0) is 14.3. The number of hydrogen-bond acceptors (Lipinski definition) is 7. The van der Waals surface area contributed by atoms with Crippen LogP contribution >= 0.6 is 0 Å². The smallest absolute Gasteiger partial charge is 0.390 e. The van der Waals surface area contributed by atoms with Crippen molar-refractivity contribution in [2.75, 3.05) is 23.9 Å². The Kier molecular flexibility index (Phi) is 5.55. The summed E-state index contributed by atoms with van der Waals surface area (Å²) in [6.07, 6.45) is -4.49. The molecule has 1 aromatic heterocycles. The van der Waals surface area contributed by atoms with Gasteiger partial charge < -0.3 is 10.1 Å². The molecule has 0 saturated heterocycles. The van der Waals surface area contributed by atoms with E-state index in [-0.39, 0.29) is 24.5 Å². The van der Waals surface area contributed by atoms with E-state index in [0.717, 1.165) is 6.42 Å². The predicted octanol–water partition coefficient (Wildman–Crippen LogP) is 1.31. The highest BCUT2D eigenvalue weighted by atomic mass is 19.4. The monoisotopic (exact) mass is 280 g/mol. The Morgan fingerprint density at radius 2 is 1.89 bits per heavy atom. The summed E-state index contributed by atoms with van der Waals surface area (Å²) < 4.78 is 41.2. The Morgan fingerprint density at radius 1 is 1.21 bits per heavy atom. The maximum absolute atomic E-state index is 12.0. The van der Waals surface area contributed by atoms with Crippen LogP contribution in [-0.4, -0.2) is 34.3 Å². The molecule has 10 heteroatoms. The highest BCUT2D eigenvalue weighted by Gasteiger charge is 2.26. The van der Waals surface area contributed by atoms with Gasteiger partial charge in [0, 0.05) is 6.54 Å². The van der Waals surface area contributed by atoms with Crippen LogP contribution in [0, 0.1) is 0 Å². The summed E-state index contributed by atoms with van der Waals surface area (Å²) in [4.78, 5) is 11.4. The Balaban J connectivity index is 2.65. The molecule has 7 nitrogen and oxygen atoms in total. The van der Waals surface area contributed by atoms with E-state index in [4.69, 9.17) is 10.6 Å². The summed E-state index contributed by atoms with van der Waals surface area (Å²) in [6, 6.07) is -0.000640. The molecule has 0 aromatic carbocycles. The van der Waals surface area contributed by atoms with E-state index >= 15 is 0 Å². The number of nitrogens with zero attached hydrogens (tertiary/aromatic N) is 3. The normalized spacial score (nSPS) is 11.2. The minimum absolute atomic E-state index is 0.000640. The van der Waals surface area contributed by atoms with E-state index in [2.05, 4.69) is 25.7 Å². The third-order valence-corrected chi connectivity index (χ3v) is 1.87. The van der Waals surface area contributed by atoms with Gasteiger partial charge in [-0.1, -0.05) is 6.92 Å². The number of nitrogens with two attached hydrogens (primary N) is 1. The predicted molar refractivity (Wildman–Crippen MR) is 62.6 cm³/mol. The van der Waals surface area contributed by atoms with Crippen molar-refractivity contribution in [3.8, 4) is 6.01 Å². The average Bonchev–Trinajstić information content (AvgIpc) is 2.34. The summed E-state index contributed by atoms with van der Waals surface area (Å²) in [5.74, 6) is 5.13. The highest BCUT2D eigenvalue weighted by molar-refractivity contribution is 5.34. The number of anilines is 2. The summed E-state index contributed by atoms with van der Waals surface area (Å²) in [5.41, 5.74) is 2.19. The van der Waals surface area contributed by atoms with Crippen molar-refractivity contribution in [2.45, 2.75) is 25.9 Å². The average molecular weight is 280 g/mol. The van der Waals surface area contributed by atoms with Crippen LogP contribution in [0.2, 0.25) is 0 Å². The topological polar surface area (TPSA) is 98.0 Å². The van der Waals surface area contributed by atoms with E-state index in [9.17, 15) is 13.2 Å². The molecule has 4 N–H and O–H groups in total. The van der Waals surface area contributed by atoms with E-state index in [0.29, 0.717) is 6.61 Å². The van der Waals surface area contributed by atoms with Gasteiger partial charge in [-0.3, -0.25) is 5.43 Å². The second-order valence-corrected chi connectivity index (χ2v) is 3.55. The molecule has 0 saturated carbocycles. The molecule has 0 aliphatic rings. The van der Waals surface area contributed by atoms with Crippen molar-refractivity contribution in [3.63, 3.8) is 0 Å². The quantitative estimate of drug-likeness (QED) is 0.511. The highest BCUT2D eigenvalue weighted by Crippen LogP contribution is 2.19. The Labute approximate surface area is 107 Å². The SMILES string of the molecule is CCCOc1nc(NN)nc(NCCC(F)(F)F)n1. The number of rotatable bonds is 7. The summed E-state index contributed by atoms with van der Waals surface area (Å²) in [7, 11) is 0. The summed E-state index contributed by atoms with van der Waals surface area (Å²) >= 11 is 0. The molecule has 0 spiro atoms. The summed E-state index contributed by atoms with van der Waals surface area (Å²) in [6.45, 7) is 1.94. The lowest BCUT2D eigenvalue weighted by molar-refractivity contribution is -0.131. The van der Waals surface area contributed by atoms with Crippen molar-refractivity contribution in [2.24, 2.45) is 5.84 Å². The van der Waals surface area contributed by atoms with Crippen LogP contribution in [0.1, 0.15) is 19.8 Å². The van der Waals surface area contributed by atoms with E-state index in [1.165, 1.54) is 0 Å². The zero-order valence-corrected chi connectivity index (χ0v) is 10.3.